The van der Waals surface area contributed by atoms with Crippen molar-refractivity contribution in [3.8, 4) is 0 Å². The van der Waals surface area contributed by atoms with Crippen molar-refractivity contribution in [3.63, 3.8) is 0 Å². The van der Waals surface area contributed by atoms with Crippen LogP contribution in [0.25, 0.3) is 0 Å². The quantitative estimate of drug-likeness (QED) is 0.317. The highest BCUT2D eigenvalue weighted by Gasteiger charge is 2.32. The summed E-state index contributed by atoms with van der Waals surface area (Å²) in [5.41, 5.74) is 1.30. The predicted molar refractivity (Wildman–Crippen MR) is 160 cm³/mol. The highest BCUT2D eigenvalue weighted by molar-refractivity contribution is 6.07. The summed E-state index contributed by atoms with van der Waals surface area (Å²) in [5, 5.41) is 0. The molecule has 0 saturated carbocycles. The first-order valence-electron chi connectivity index (χ1n) is 14.4. The number of aromatic nitrogens is 3. The number of aliphatic imine (C=N–C) groups is 1. The molecule has 2 aliphatic rings. The third-order valence-electron chi connectivity index (χ3n) is 7.81. The number of fused-ring (bicyclic) bond motifs is 1. The second-order valence-electron chi connectivity index (χ2n) is 10.9. The number of amides is 2. The summed E-state index contributed by atoms with van der Waals surface area (Å²) in [6.45, 7) is 3.86. The Bertz CT molecular complexity index is 1660. The Morgan fingerprint density at radius 1 is 1.09 bits per heavy atom. The van der Waals surface area contributed by atoms with Crippen LogP contribution in [0.1, 0.15) is 47.7 Å². The summed E-state index contributed by atoms with van der Waals surface area (Å²) in [6.07, 6.45) is 3.39. The average Bonchev–Trinajstić information content (AvgIpc) is 3.59. The summed E-state index contributed by atoms with van der Waals surface area (Å²) in [7, 11) is 3.31. The molecule has 43 heavy (non-hydrogen) atoms. The normalized spacial score (nSPS) is 16.0. The van der Waals surface area contributed by atoms with Gasteiger partial charge in [-0.25, -0.2) is 19.2 Å². The van der Waals surface area contributed by atoms with Crippen LogP contribution in [-0.2, 0) is 29.0 Å². The van der Waals surface area contributed by atoms with E-state index in [-0.39, 0.29) is 48.5 Å². The van der Waals surface area contributed by atoms with E-state index in [1.54, 1.807) is 42.0 Å². The van der Waals surface area contributed by atoms with Gasteiger partial charge in [-0.1, -0.05) is 6.92 Å². The van der Waals surface area contributed by atoms with Gasteiger partial charge in [0, 0.05) is 83.0 Å². The van der Waals surface area contributed by atoms with Crippen molar-refractivity contribution in [1.82, 2.24) is 19.0 Å². The number of carbonyl (C=O) groups excluding carboxylic acids is 2. The second-order valence-corrected chi connectivity index (χ2v) is 10.9. The number of benzene rings is 1. The molecule has 1 fully saturated rings. The zero-order valence-corrected chi connectivity index (χ0v) is 24.6. The summed E-state index contributed by atoms with van der Waals surface area (Å²) in [5.74, 6) is -0.121. The number of likely N-dealkylation sites (tertiary alicyclic amines) is 1. The number of halogens is 1. The average molecular weight is 591 g/mol. The van der Waals surface area contributed by atoms with Crippen LogP contribution in [0.3, 0.4) is 0 Å². The van der Waals surface area contributed by atoms with Crippen LogP contribution < -0.4 is 16.1 Å². The first-order chi connectivity index (χ1) is 20.7. The van der Waals surface area contributed by atoms with E-state index < -0.39 is 5.82 Å². The fourth-order valence-electron chi connectivity index (χ4n) is 5.60. The van der Waals surface area contributed by atoms with Crippen LogP contribution in [0.15, 0.2) is 57.2 Å². The number of anilines is 1. The van der Waals surface area contributed by atoms with Gasteiger partial charge in [-0.2, -0.15) is 0 Å². The first kappa shape index (κ1) is 30.0. The molecule has 1 unspecified atom stereocenters. The Kier molecular flexibility index (Phi) is 8.95. The van der Waals surface area contributed by atoms with E-state index in [0.29, 0.717) is 73.0 Å². The van der Waals surface area contributed by atoms with E-state index in [2.05, 4.69) is 4.98 Å². The van der Waals surface area contributed by atoms with Crippen LogP contribution >= 0.6 is 0 Å². The fraction of sp³-hybridized carbons (Fsp3) is 0.419. The van der Waals surface area contributed by atoms with Crippen molar-refractivity contribution < 1.29 is 18.7 Å². The molecule has 226 valence electrons. The number of ether oxygens (including phenoxy) is 1. The fourth-order valence-corrected chi connectivity index (χ4v) is 5.60. The van der Waals surface area contributed by atoms with E-state index in [1.807, 2.05) is 6.92 Å². The molecule has 1 atom stereocenters. The summed E-state index contributed by atoms with van der Waals surface area (Å²) < 4.78 is 21.5. The van der Waals surface area contributed by atoms with Crippen molar-refractivity contribution in [3.05, 3.63) is 85.9 Å². The van der Waals surface area contributed by atoms with Crippen molar-refractivity contribution in [2.24, 2.45) is 10.9 Å². The van der Waals surface area contributed by atoms with E-state index >= 15 is 0 Å². The molecule has 5 rings (SSSR count). The number of rotatable bonds is 11. The minimum absolute atomic E-state index is 0.0145. The SMILES string of the molecule is CCCn1c2c(c(=O)n(CCCOC)c1=O)CC(c1ccc(N(CC3CC(=O)N(C)C3)C(=O)c3ccc(F)cc3)nc1)=N2. The van der Waals surface area contributed by atoms with E-state index in [1.165, 1.54) is 33.7 Å². The third kappa shape index (κ3) is 6.19. The summed E-state index contributed by atoms with van der Waals surface area (Å²) in [6, 6.07) is 8.79. The summed E-state index contributed by atoms with van der Waals surface area (Å²) in [4.78, 5) is 64.7. The smallest absolute Gasteiger partial charge is 0.332 e. The van der Waals surface area contributed by atoms with Crippen molar-refractivity contribution in [2.75, 3.05) is 38.8 Å². The standard InChI is InChI=1S/C31H35FN6O5/c1-4-12-36-28-24(30(41)37(31(36)42)13-5-14-43-3)16-25(34-28)22-8-11-26(33-17-22)38(19-20-15-27(39)35(2)18-20)29(40)21-6-9-23(32)10-7-21/h6-11,17,20H,4-5,12-16,18-19H2,1-3H3. The molecule has 2 aromatic heterocycles. The zero-order valence-electron chi connectivity index (χ0n) is 24.6. The molecule has 3 aromatic rings. The van der Waals surface area contributed by atoms with E-state index in [4.69, 9.17) is 9.73 Å². The number of hydrogen-bond donors (Lipinski definition) is 0. The monoisotopic (exact) mass is 590 g/mol. The Morgan fingerprint density at radius 3 is 2.49 bits per heavy atom. The molecule has 0 spiro atoms. The maximum Gasteiger partial charge on any atom is 0.332 e. The topological polar surface area (TPSA) is 119 Å². The van der Waals surface area contributed by atoms with Crippen LogP contribution in [0.2, 0.25) is 0 Å². The molecule has 2 amide bonds. The minimum atomic E-state index is -0.446. The van der Waals surface area contributed by atoms with E-state index in [9.17, 15) is 23.6 Å². The lowest BCUT2D eigenvalue weighted by Gasteiger charge is -2.25. The van der Waals surface area contributed by atoms with Gasteiger partial charge in [0.05, 0.1) is 11.3 Å². The van der Waals surface area contributed by atoms with Gasteiger partial charge < -0.3 is 9.64 Å². The number of nitrogens with zero attached hydrogens (tertiary/aromatic N) is 6. The lowest BCUT2D eigenvalue weighted by Crippen LogP contribution is -2.41. The first-order valence-corrected chi connectivity index (χ1v) is 14.4. The van der Waals surface area contributed by atoms with Gasteiger partial charge in [0.2, 0.25) is 5.91 Å². The van der Waals surface area contributed by atoms with E-state index in [0.717, 1.165) is 0 Å². The molecule has 1 aromatic carbocycles. The van der Waals surface area contributed by atoms with Gasteiger partial charge >= 0.3 is 5.69 Å². The molecule has 0 N–H and O–H groups in total. The van der Waals surface area contributed by atoms with Gasteiger partial charge in [-0.15, -0.1) is 0 Å². The highest BCUT2D eigenvalue weighted by Crippen LogP contribution is 2.27. The number of carbonyl (C=O) groups is 2. The van der Waals surface area contributed by atoms with Crippen molar-refractivity contribution in [2.45, 2.75) is 45.7 Å². The minimum Gasteiger partial charge on any atom is -0.385 e. The molecular formula is C31H35FN6O5. The third-order valence-corrected chi connectivity index (χ3v) is 7.81. The Balaban J connectivity index is 1.44. The van der Waals surface area contributed by atoms with Gasteiger partial charge in [-0.3, -0.25) is 28.4 Å². The molecule has 12 heteroatoms. The lowest BCUT2D eigenvalue weighted by atomic mass is 10.1. The maximum absolute atomic E-state index is 13.6. The van der Waals surface area contributed by atoms with Crippen molar-refractivity contribution >= 4 is 29.2 Å². The lowest BCUT2D eigenvalue weighted by molar-refractivity contribution is -0.126. The van der Waals surface area contributed by atoms with Crippen LogP contribution in [0, 0.1) is 11.7 Å². The molecule has 1 saturated heterocycles. The van der Waals surface area contributed by atoms with Gasteiger partial charge in [-0.05, 0) is 49.2 Å². The Morgan fingerprint density at radius 2 is 1.86 bits per heavy atom. The zero-order chi connectivity index (χ0) is 30.7. The molecule has 4 heterocycles. The van der Waals surface area contributed by atoms with Crippen LogP contribution in [0.4, 0.5) is 16.0 Å². The molecular weight excluding hydrogens is 555 g/mol. The highest BCUT2D eigenvalue weighted by atomic mass is 19.1. The van der Waals surface area contributed by atoms with Gasteiger partial charge in [0.25, 0.3) is 11.5 Å². The molecule has 0 aliphatic carbocycles. The summed E-state index contributed by atoms with van der Waals surface area (Å²) >= 11 is 0. The second kappa shape index (κ2) is 12.8. The molecule has 2 aliphatic heterocycles. The number of pyridine rings is 1. The molecule has 11 nitrogen and oxygen atoms in total. The molecule has 0 radical (unpaired) electrons. The number of hydrogen-bond acceptors (Lipinski definition) is 7. The van der Waals surface area contributed by atoms with Crippen LogP contribution in [-0.4, -0.2) is 70.4 Å². The number of methoxy groups -OCH3 is 1. The largest absolute Gasteiger partial charge is 0.385 e. The Hall–Kier alpha value is -4.45. The van der Waals surface area contributed by atoms with Crippen molar-refractivity contribution in [1.29, 1.82) is 0 Å². The van der Waals surface area contributed by atoms with Crippen LogP contribution in [0.5, 0.6) is 0 Å². The predicted octanol–water partition coefficient (Wildman–Crippen LogP) is 2.79. The van der Waals surface area contributed by atoms with Gasteiger partial charge in [0.1, 0.15) is 17.5 Å². The maximum atomic E-state index is 13.6. The Labute approximate surface area is 248 Å². The molecule has 0 bridgehead atoms. The van der Waals surface area contributed by atoms with Gasteiger partial charge in [0.15, 0.2) is 0 Å².